The van der Waals surface area contributed by atoms with Crippen molar-refractivity contribution in [3.63, 3.8) is 0 Å². The van der Waals surface area contributed by atoms with E-state index in [1.165, 1.54) is 62.8 Å². The summed E-state index contributed by atoms with van der Waals surface area (Å²) in [4.78, 5) is 27.5. The quantitative estimate of drug-likeness (QED) is 0.0524. The first kappa shape index (κ1) is 46.7. The summed E-state index contributed by atoms with van der Waals surface area (Å²) in [6, 6.07) is 18.7. The van der Waals surface area contributed by atoms with Gasteiger partial charge in [0.2, 0.25) is 0 Å². The lowest BCUT2D eigenvalue weighted by Crippen LogP contribution is -2.98. The van der Waals surface area contributed by atoms with E-state index >= 15 is 0 Å². The summed E-state index contributed by atoms with van der Waals surface area (Å²) in [7, 11) is 3.01. The molecule has 2 saturated carbocycles. The number of amides is 1. The molecule has 2 aliphatic carbocycles. The maximum absolute atomic E-state index is 14.9. The predicted molar refractivity (Wildman–Crippen MR) is 269 cm³/mol. The van der Waals surface area contributed by atoms with Crippen molar-refractivity contribution < 1.29 is 28.8 Å². The van der Waals surface area contributed by atoms with Crippen LogP contribution in [0.1, 0.15) is 112 Å². The van der Waals surface area contributed by atoms with Gasteiger partial charge in [-0.3, -0.25) is 14.4 Å². The fraction of sp³-hybridized carbons (Fsp3) is 0.481. The number of pyridine rings is 1. The summed E-state index contributed by atoms with van der Waals surface area (Å²) in [5, 5.41) is 30.0. The Morgan fingerprint density at radius 3 is 2.59 bits per heavy atom. The molecule has 13 nitrogen and oxygen atoms in total. The van der Waals surface area contributed by atoms with Crippen LogP contribution in [0.25, 0.3) is 21.9 Å². The molecule has 360 valence electrons. The van der Waals surface area contributed by atoms with Gasteiger partial charge in [-0.15, -0.1) is 0 Å². The molecule has 3 atom stereocenters. The second-order valence-corrected chi connectivity index (χ2v) is 21.9. The number of benzene rings is 3. The highest BCUT2D eigenvalue weighted by atomic mass is 32.2. The molecule has 16 heteroatoms. The number of quaternary nitrogens is 1. The summed E-state index contributed by atoms with van der Waals surface area (Å²) >= 11 is 2.42. The zero-order chi connectivity index (χ0) is 47.3. The van der Waals surface area contributed by atoms with Gasteiger partial charge in [-0.25, -0.2) is 4.39 Å². The summed E-state index contributed by atoms with van der Waals surface area (Å²) in [6.07, 6.45) is 10.5. The first-order valence-corrected chi connectivity index (χ1v) is 25.9. The Hall–Kier alpha value is -4.97. The van der Waals surface area contributed by atoms with E-state index in [-0.39, 0.29) is 33.4 Å². The molecular weight excluding hydrogens is 900 g/mol. The Morgan fingerprint density at radius 1 is 1.06 bits per heavy atom. The number of aromatic amines is 1. The number of hydrogen-bond acceptors (Lipinski definition) is 12. The smallest absolute Gasteiger partial charge is 0.265 e. The molecule has 0 radical (unpaired) electrons. The van der Waals surface area contributed by atoms with Crippen LogP contribution >= 0.6 is 23.5 Å². The maximum Gasteiger partial charge on any atom is 0.265 e. The van der Waals surface area contributed by atoms with Crippen molar-refractivity contribution in [3.05, 3.63) is 93.9 Å². The summed E-state index contributed by atoms with van der Waals surface area (Å²) in [5.41, 5.74) is 6.08. The third kappa shape index (κ3) is 9.27. The van der Waals surface area contributed by atoms with Gasteiger partial charge in [-0.2, -0.15) is 9.36 Å². The second kappa shape index (κ2) is 19.1. The van der Waals surface area contributed by atoms with Crippen molar-refractivity contribution in [2.75, 3.05) is 57.1 Å². The van der Waals surface area contributed by atoms with Crippen LogP contribution in [-0.2, 0) is 0 Å². The van der Waals surface area contributed by atoms with Crippen molar-refractivity contribution >= 4 is 68.4 Å². The Balaban J connectivity index is 0.867. The van der Waals surface area contributed by atoms with Gasteiger partial charge in [0.25, 0.3) is 11.8 Å². The molecule has 6 aromatic rings. The molecule has 0 bridgehead atoms. The van der Waals surface area contributed by atoms with Crippen LogP contribution in [0.2, 0.25) is 0 Å². The number of nitrogens with zero attached hydrogens (tertiary/aromatic N) is 4. The number of hydrogen-bond donors (Lipinski definition) is 5. The van der Waals surface area contributed by atoms with Crippen LogP contribution in [0.15, 0.2) is 71.1 Å². The highest BCUT2D eigenvalue weighted by Gasteiger charge is 2.49. The van der Waals surface area contributed by atoms with Crippen LogP contribution in [0.3, 0.4) is 0 Å². The number of fused-ring (bicyclic) bond motifs is 2. The summed E-state index contributed by atoms with van der Waals surface area (Å²) in [5.74, 6) is 1.17. The lowest BCUT2D eigenvalue weighted by atomic mass is 9.70. The highest BCUT2D eigenvalue weighted by molar-refractivity contribution is 7.98. The van der Waals surface area contributed by atoms with E-state index in [0.717, 1.165) is 87.7 Å². The standard InChI is InChI=1S/C52H63FN8O5S2/c1-31(2)34-9-6-7-10-35(34)36-11-8-12-41(36)61-29-52(30-61)19-21-60(22-20-52)33-13-14-37(43(23-33)66-44-24-38-40(53)27-55-48(38)56-50(44)65-5)49(62)58-68-45-25-42(59(4)64)47(46-39(45)28-67-57-46)54-26-32-15-17-51(3,63)18-16-32/h6-7,9-10,13-14,23-25,27-28,31-32,36,41,54,59,63H,8,11-12,15-22,26,29-30H2,1-5H3,(H,55,56)(H,58,62). The molecule has 2 aliphatic heterocycles. The summed E-state index contributed by atoms with van der Waals surface area (Å²) in [6.45, 7) is 11.2. The predicted octanol–water partition coefficient (Wildman–Crippen LogP) is 9.91. The number of hydroxylamine groups is 1. The van der Waals surface area contributed by atoms with Gasteiger partial charge in [0.15, 0.2) is 11.4 Å². The molecule has 10 rings (SSSR count). The van der Waals surface area contributed by atoms with E-state index in [2.05, 4.69) is 67.9 Å². The van der Waals surface area contributed by atoms with E-state index in [9.17, 15) is 19.5 Å². The summed E-state index contributed by atoms with van der Waals surface area (Å²) < 4.78 is 34.8. The molecule has 3 aromatic heterocycles. The number of H-pyrrole nitrogens is 1. The molecule has 2 saturated heterocycles. The third-order valence-corrected chi connectivity index (χ3v) is 16.9. The first-order valence-electron chi connectivity index (χ1n) is 24.3. The highest BCUT2D eigenvalue weighted by Crippen LogP contribution is 2.49. The SMILES string of the molecule is COc1nc2[nH]cc(F)c2cc1Oc1cc(N2CCC3(CC2)CN(C2CCCC2c2ccccc2C(C)C)C3)ccc1C(=O)NSc1cc([NH+](C)[O-])c(NCC2CCC(C)(O)CC2)c2nscc12. The maximum atomic E-state index is 14.9. The van der Waals surface area contributed by atoms with Gasteiger partial charge in [-0.1, -0.05) is 44.5 Å². The molecule has 3 aromatic carbocycles. The minimum atomic E-state index is -0.626. The first-order chi connectivity index (χ1) is 32.8. The fourth-order valence-corrected chi connectivity index (χ4v) is 13.0. The molecule has 3 unspecified atom stereocenters. The Labute approximate surface area is 406 Å². The van der Waals surface area contributed by atoms with E-state index in [1.807, 2.05) is 30.5 Å². The van der Waals surface area contributed by atoms with Gasteiger partial charge in [0.05, 0.1) is 30.7 Å². The zero-order valence-corrected chi connectivity index (χ0v) is 41.3. The van der Waals surface area contributed by atoms with Crippen LogP contribution < -0.4 is 29.5 Å². The minimum Gasteiger partial charge on any atom is -0.629 e. The number of ether oxygens (including phenoxy) is 2. The van der Waals surface area contributed by atoms with Gasteiger partial charge < -0.3 is 40.1 Å². The molecule has 4 aliphatic rings. The van der Waals surface area contributed by atoms with Crippen molar-refractivity contribution in [2.45, 2.75) is 107 Å². The molecule has 1 amide bonds. The number of nitrogens with one attached hydrogen (secondary N) is 4. The molecular formula is C52H63FN8O5S2. The van der Waals surface area contributed by atoms with Crippen molar-refractivity contribution in [3.8, 4) is 17.4 Å². The lowest BCUT2D eigenvalue weighted by Gasteiger charge is -2.57. The van der Waals surface area contributed by atoms with Crippen LogP contribution in [0.5, 0.6) is 17.4 Å². The fourth-order valence-electron chi connectivity index (χ4n) is 11.5. The second-order valence-electron chi connectivity index (χ2n) is 20.4. The Kier molecular flexibility index (Phi) is 13.1. The zero-order valence-electron chi connectivity index (χ0n) is 39.6. The van der Waals surface area contributed by atoms with E-state index in [0.29, 0.717) is 63.2 Å². The number of halogens is 1. The van der Waals surface area contributed by atoms with E-state index < -0.39 is 17.3 Å². The number of aliphatic hydroxyl groups is 1. The number of piperidine rings is 1. The number of carbonyl (C=O) groups is 1. The number of anilines is 2. The van der Waals surface area contributed by atoms with Crippen molar-refractivity contribution in [2.24, 2.45) is 11.3 Å². The van der Waals surface area contributed by atoms with Crippen molar-refractivity contribution in [1.29, 1.82) is 0 Å². The average Bonchev–Trinajstić information content (AvgIpc) is 4.10. The van der Waals surface area contributed by atoms with E-state index in [1.54, 1.807) is 11.6 Å². The van der Waals surface area contributed by atoms with Crippen LogP contribution in [0, 0.1) is 22.4 Å². The van der Waals surface area contributed by atoms with Crippen molar-refractivity contribution in [1.82, 2.24) is 24.0 Å². The molecule has 5 N–H and O–H groups in total. The number of aromatic nitrogens is 3. The monoisotopic (exact) mass is 962 g/mol. The van der Waals surface area contributed by atoms with Crippen LogP contribution in [0.4, 0.5) is 21.5 Å². The normalized spacial score (nSPS) is 23.3. The minimum absolute atomic E-state index is 0.115. The largest absolute Gasteiger partial charge is 0.629 e. The number of rotatable bonds is 14. The Bertz CT molecular complexity index is 2790. The molecule has 68 heavy (non-hydrogen) atoms. The topological polar surface area (TPSA) is 155 Å². The average molecular weight is 963 g/mol. The van der Waals surface area contributed by atoms with Gasteiger partial charge in [-0.05, 0) is 128 Å². The van der Waals surface area contributed by atoms with Gasteiger partial charge in [0.1, 0.15) is 28.4 Å². The number of methoxy groups -OCH3 is 1. The Morgan fingerprint density at radius 2 is 1.84 bits per heavy atom. The third-order valence-electron chi connectivity index (χ3n) is 15.4. The molecule has 4 fully saturated rings. The van der Waals surface area contributed by atoms with E-state index in [4.69, 9.17) is 13.8 Å². The lowest BCUT2D eigenvalue weighted by molar-refractivity contribution is -0.750. The molecule has 1 spiro atoms. The van der Waals surface area contributed by atoms with Crippen LogP contribution in [-0.4, -0.2) is 88.8 Å². The number of carbonyl (C=O) groups excluding carboxylic acids is 1. The van der Waals surface area contributed by atoms with Gasteiger partial charge in [0, 0.05) is 84.5 Å². The molecule has 5 heterocycles. The van der Waals surface area contributed by atoms with Gasteiger partial charge >= 0.3 is 0 Å². The number of likely N-dealkylation sites (tertiary alicyclic amines) is 1.